The van der Waals surface area contributed by atoms with Gasteiger partial charge in [0, 0.05) is 70.3 Å². The third-order valence-corrected chi connectivity index (χ3v) is 5.16. The Kier molecular flexibility index (Phi) is 5.81. The number of pyridine rings is 2. The number of nitrogens with zero attached hydrogens (tertiary/aromatic N) is 6. The molecule has 5 heterocycles. The average Bonchev–Trinajstić information content (AvgIpc) is 3.35. The normalized spacial score (nSPS) is 13.9. The molecule has 0 spiro atoms. The Labute approximate surface area is 178 Å². The van der Waals surface area contributed by atoms with Crippen molar-refractivity contribution in [1.29, 1.82) is 0 Å². The largest absolute Gasteiger partial charge is 0.387 e. The molecule has 0 amide bonds. The minimum absolute atomic E-state index is 0.306. The van der Waals surface area contributed by atoms with Gasteiger partial charge >= 0.3 is 0 Å². The average molecular weight is 424 g/mol. The van der Waals surface area contributed by atoms with E-state index in [0.29, 0.717) is 16.9 Å². The van der Waals surface area contributed by atoms with Gasteiger partial charge in [0.2, 0.25) is 0 Å². The minimum Gasteiger partial charge on any atom is -0.387 e. The Hall–Kier alpha value is -3.53. The zero-order chi connectivity index (χ0) is 22.0. The number of aldehydes is 1. The van der Waals surface area contributed by atoms with Crippen molar-refractivity contribution in [3.63, 3.8) is 0 Å². The Morgan fingerprint density at radius 1 is 1.23 bits per heavy atom. The zero-order valence-corrected chi connectivity index (χ0v) is 17.8. The molecule has 2 N–H and O–H groups in total. The van der Waals surface area contributed by atoms with E-state index < -0.39 is 0 Å². The Balaban J connectivity index is 0.000000158. The van der Waals surface area contributed by atoms with E-state index in [4.69, 9.17) is 0 Å². The predicted octanol–water partition coefficient (Wildman–Crippen LogP) is 2.01. The molecule has 1 aliphatic heterocycles. The van der Waals surface area contributed by atoms with Gasteiger partial charge in [-0.25, -0.2) is 14.4 Å². The highest BCUT2D eigenvalue weighted by molar-refractivity contribution is 5.99. The number of rotatable bonds is 3. The van der Waals surface area contributed by atoms with Gasteiger partial charge in [-0.1, -0.05) is 0 Å². The van der Waals surface area contributed by atoms with Gasteiger partial charge in [0.15, 0.2) is 17.8 Å². The first-order valence-electron chi connectivity index (χ1n) is 10.1. The summed E-state index contributed by atoms with van der Waals surface area (Å²) in [6.07, 6.45) is 8.08. The van der Waals surface area contributed by atoms with Crippen LogP contribution in [0.4, 0.5) is 15.8 Å². The molecule has 5 rings (SSSR count). The number of carbonyl (C=O) groups excluding carboxylic acids is 1. The van der Waals surface area contributed by atoms with Crippen molar-refractivity contribution in [3.8, 4) is 0 Å². The third kappa shape index (κ3) is 4.19. The van der Waals surface area contributed by atoms with Crippen molar-refractivity contribution in [2.75, 3.05) is 43.4 Å². The highest BCUT2D eigenvalue weighted by Crippen LogP contribution is 2.26. The van der Waals surface area contributed by atoms with Crippen LogP contribution in [0.25, 0.3) is 16.6 Å². The molecule has 4 aromatic heterocycles. The quantitative estimate of drug-likeness (QED) is 0.486. The number of fused-ring (bicyclic) bond motifs is 2. The molecule has 1 fully saturated rings. The number of aryl methyl sites for hydroxylation is 2. The molecule has 0 atom stereocenters. The van der Waals surface area contributed by atoms with E-state index in [1.165, 1.54) is 6.07 Å². The van der Waals surface area contributed by atoms with E-state index >= 15 is 0 Å². The van der Waals surface area contributed by atoms with Gasteiger partial charge in [-0.2, -0.15) is 5.10 Å². The van der Waals surface area contributed by atoms with E-state index in [-0.39, 0.29) is 5.82 Å². The van der Waals surface area contributed by atoms with Crippen LogP contribution in [0.15, 0.2) is 30.9 Å². The minimum atomic E-state index is -0.306. The molecule has 0 bridgehead atoms. The van der Waals surface area contributed by atoms with Gasteiger partial charge in [0.05, 0.1) is 23.3 Å². The number of nitrogens with one attached hydrogen (secondary N) is 2. The summed E-state index contributed by atoms with van der Waals surface area (Å²) in [6, 6.07) is 1.43. The first kappa shape index (κ1) is 20.7. The molecule has 1 aliphatic rings. The Morgan fingerprint density at radius 2 is 2.00 bits per heavy atom. The van der Waals surface area contributed by atoms with Crippen molar-refractivity contribution < 1.29 is 9.18 Å². The van der Waals surface area contributed by atoms with E-state index in [2.05, 4.69) is 30.6 Å². The van der Waals surface area contributed by atoms with Gasteiger partial charge < -0.3 is 19.9 Å². The second-order valence-electron chi connectivity index (χ2n) is 7.39. The standard InChI is InChI=1S/C12H15N5O.C9H10FN3/c1-16-7-9-11(17-4-2-13-3-5-17)6-14-10(8-18)12(9)15-16;1-6-4-13-5-7(11-2)3-8(10)9(13)12-6/h6-8,13H,2-5H2,1H3;3-5,11H,1-2H3. The molecule has 162 valence electrons. The number of hydrogen-bond acceptors (Lipinski definition) is 7. The predicted molar refractivity (Wildman–Crippen MR) is 118 cm³/mol. The van der Waals surface area contributed by atoms with Gasteiger partial charge in [0.25, 0.3) is 0 Å². The smallest absolute Gasteiger partial charge is 0.173 e. The fourth-order valence-electron chi connectivity index (χ4n) is 3.69. The molecule has 0 aliphatic carbocycles. The van der Waals surface area contributed by atoms with E-state index in [9.17, 15) is 9.18 Å². The van der Waals surface area contributed by atoms with Gasteiger partial charge in [-0.15, -0.1) is 0 Å². The summed E-state index contributed by atoms with van der Waals surface area (Å²) in [6.45, 7) is 5.68. The summed E-state index contributed by atoms with van der Waals surface area (Å²) in [7, 11) is 3.61. The van der Waals surface area contributed by atoms with Crippen LogP contribution in [-0.2, 0) is 7.05 Å². The number of halogens is 1. The molecule has 9 nitrogen and oxygen atoms in total. The lowest BCUT2D eigenvalue weighted by Crippen LogP contribution is -2.43. The number of piperazine rings is 1. The Bertz CT molecular complexity index is 1230. The fraction of sp³-hybridized carbons (Fsp3) is 0.333. The van der Waals surface area contributed by atoms with Gasteiger partial charge in [-0.05, 0) is 6.92 Å². The van der Waals surface area contributed by atoms with Crippen LogP contribution in [-0.4, -0.2) is 63.7 Å². The summed E-state index contributed by atoms with van der Waals surface area (Å²) >= 11 is 0. The van der Waals surface area contributed by atoms with Crippen molar-refractivity contribution >= 4 is 34.2 Å². The summed E-state index contributed by atoms with van der Waals surface area (Å²) in [5.74, 6) is -0.306. The van der Waals surface area contributed by atoms with Crippen molar-refractivity contribution in [2.24, 2.45) is 7.05 Å². The fourth-order valence-corrected chi connectivity index (χ4v) is 3.69. The second kappa shape index (κ2) is 8.68. The van der Waals surface area contributed by atoms with E-state index in [1.807, 2.05) is 20.2 Å². The topological polar surface area (TPSA) is 92.4 Å². The van der Waals surface area contributed by atoms with Crippen LogP contribution in [0.1, 0.15) is 16.2 Å². The van der Waals surface area contributed by atoms with Crippen LogP contribution in [0.2, 0.25) is 0 Å². The lowest BCUT2D eigenvalue weighted by Gasteiger charge is -2.29. The molecular weight excluding hydrogens is 399 g/mol. The molecule has 0 aromatic carbocycles. The van der Waals surface area contributed by atoms with Crippen LogP contribution in [0.5, 0.6) is 0 Å². The number of anilines is 2. The summed E-state index contributed by atoms with van der Waals surface area (Å²) in [5, 5.41) is 11.5. The van der Waals surface area contributed by atoms with Crippen molar-refractivity contribution in [1.82, 2.24) is 29.5 Å². The zero-order valence-electron chi connectivity index (χ0n) is 17.8. The van der Waals surface area contributed by atoms with Crippen LogP contribution >= 0.6 is 0 Å². The molecule has 31 heavy (non-hydrogen) atoms. The lowest BCUT2D eigenvalue weighted by molar-refractivity contribution is 0.112. The monoisotopic (exact) mass is 424 g/mol. The van der Waals surface area contributed by atoms with Crippen molar-refractivity contribution in [2.45, 2.75) is 6.92 Å². The highest BCUT2D eigenvalue weighted by Gasteiger charge is 2.17. The first-order chi connectivity index (χ1) is 15.0. The van der Waals surface area contributed by atoms with E-state index in [1.54, 1.807) is 34.7 Å². The number of hydrogen-bond donors (Lipinski definition) is 2. The molecule has 1 saturated heterocycles. The van der Waals surface area contributed by atoms with Gasteiger partial charge in [-0.3, -0.25) is 9.48 Å². The highest BCUT2D eigenvalue weighted by atomic mass is 19.1. The maximum atomic E-state index is 13.3. The number of imidazole rings is 1. The SMILES string of the molecule is CNc1cc(F)c2nc(C)cn2c1.Cn1cc2c(N3CCNCC3)cnc(C=O)c2n1. The third-order valence-electron chi connectivity index (χ3n) is 5.16. The van der Waals surface area contributed by atoms with Crippen LogP contribution in [0.3, 0.4) is 0 Å². The summed E-state index contributed by atoms with van der Waals surface area (Å²) in [5.41, 5.74) is 4.07. The Morgan fingerprint density at radius 3 is 2.71 bits per heavy atom. The van der Waals surface area contributed by atoms with E-state index in [0.717, 1.165) is 54.9 Å². The lowest BCUT2D eigenvalue weighted by atomic mass is 10.2. The van der Waals surface area contributed by atoms with Crippen molar-refractivity contribution in [3.05, 3.63) is 48.1 Å². The first-order valence-corrected chi connectivity index (χ1v) is 10.1. The molecule has 10 heteroatoms. The maximum absolute atomic E-state index is 13.3. The molecule has 0 saturated carbocycles. The van der Waals surface area contributed by atoms with Crippen LogP contribution < -0.4 is 15.5 Å². The summed E-state index contributed by atoms with van der Waals surface area (Å²) < 4.78 is 16.7. The molecule has 4 aromatic rings. The van der Waals surface area contributed by atoms with Gasteiger partial charge in [0.1, 0.15) is 11.2 Å². The maximum Gasteiger partial charge on any atom is 0.173 e. The summed E-state index contributed by atoms with van der Waals surface area (Å²) in [4.78, 5) is 21.5. The number of aromatic nitrogens is 5. The molecule has 0 radical (unpaired) electrons. The number of carbonyl (C=O) groups is 1. The van der Waals surface area contributed by atoms with Crippen LogP contribution in [0, 0.1) is 12.7 Å². The molecule has 0 unspecified atom stereocenters. The second-order valence-corrected chi connectivity index (χ2v) is 7.39. The molecular formula is C21H25FN8O.